The fourth-order valence-electron chi connectivity index (χ4n) is 3.07. The first kappa shape index (κ1) is 25.3. The third-order valence-electron chi connectivity index (χ3n) is 5.65. The summed E-state index contributed by atoms with van der Waals surface area (Å²) in [5.74, 6) is 0.175. The lowest BCUT2D eigenvalue weighted by Gasteiger charge is -2.37. The van der Waals surface area contributed by atoms with Crippen molar-refractivity contribution in [2.75, 3.05) is 13.2 Å². The highest BCUT2D eigenvalue weighted by Gasteiger charge is 2.38. The Balaban J connectivity index is 3.19. The van der Waals surface area contributed by atoms with Crippen LogP contribution >= 0.6 is 7.82 Å². The summed E-state index contributed by atoms with van der Waals surface area (Å²) < 4.78 is 22.9. The van der Waals surface area contributed by atoms with Gasteiger partial charge in [0.05, 0.1) is 0 Å². The van der Waals surface area contributed by atoms with Gasteiger partial charge >= 0.3 is 7.82 Å². The molecule has 6 nitrogen and oxygen atoms in total. The zero-order chi connectivity index (χ0) is 22.0. The van der Waals surface area contributed by atoms with Gasteiger partial charge in [0.15, 0.2) is 8.32 Å². The molecule has 0 heterocycles. The van der Waals surface area contributed by atoms with Crippen LogP contribution in [-0.2, 0) is 20.8 Å². The standard InChI is InChI=1S/C20H37O6PSi/c1-15-13-16(9-11-21)14-17(26-27(22,23)24)18(15)20(5,6)10-12-25-28(7,8)19(2,3)4/h13-14,21H,9-12H2,1-8H3,(H2,22,23,24). The lowest BCUT2D eigenvalue weighted by molar-refractivity contribution is 0.247. The zero-order valence-electron chi connectivity index (χ0n) is 18.5. The van der Waals surface area contributed by atoms with Gasteiger partial charge < -0.3 is 14.1 Å². The van der Waals surface area contributed by atoms with Crippen molar-refractivity contribution in [2.24, 2.45) is 0 Å². The molecule has 1 rings (SSSR count). The predicted octanol–water partition coefficient (Wildman–Crippen LogP) is 4.69. The van der Waals surface area contributed by atoms with E-state index in [1.54, 1.807) is 6.07 Å². The van der Waals surface area contributed by atoms with Crippen molar-refractivity contribution in [1.29, 1.82) is 0 Å². The van der Waals surface area contributed by atoms with E-state index in [9.17, 15) is 19.5 Å². The number of aliphatic hydroxyl groups is 1. The predicted molar refractivity (Wildman–Crippen MR) is 115 cm³/mol. The Hall–Kier alpha value is -0.693. The van der Waals surface area contributed by atoms with Gasteiger partial charge in [0.1, 0.15) is 5.75 Å². The van der Waals surface area contributed by atoms with Crippen molar-refractivity contribution in [2.45, 2.75) is 77.9 Å². The van der Waals surface area contributed by atoms with Gasteiger partial charge in [-0.05, 0) is 60.5 Å². The fourth-order valence-corrected chi connectivity index (χ4v) is 4.52. The van der Waals surface area contributed by atoms with E-state index in [-0.39, 0.29) is 17.4 Å². The molecule has 0 saturated heterocycles. The fraction of sp³-hybridized carbons (Fsp3) is 0.700. The molecule has 0 atom stereocenters. The van der Waals surface area contributed by atoms with E-state index in [0.717, 1.165) is 16.7 Å². The highest BCUT2D eigenvalue weighted by atomic mass is 31.2. The molecule has 162 valence electrons. The third-order valence-corrected chi connectivity index (χ3v) is 10.6. The summed E-state index contributed by atoms with van der Waals surface area (Å²) in [4.78, 5) is 18.7. The molecule has 0 aliphatic rings. The summed E-state index contributed by atoms with van der Waals surface area (Å²) >= 11 is 0. The van der Waals surface area contributed by atoms with E-state index in [4.69, 9.17) is 8.95 Å². The minimum Gasteiger partial charge on any atom is -0.417 e. The number of aryl methyl sites for hydroxylation is 1. The van der Waals surface area contributed by atoms with Crippen molar-refractivity contribution < 1.29 is 28.4 Å². The van der Waals surface area contributed by atoms with Gasteiger partial charge in [-0.15, -0.1) is 0 Å². The molecule has 0 fully saturated rings. The molecule has 0 radical (unpaired) electrons. The second-order valence-corrected chi connectivity index (χ2v) is 15.6. The lowest BCUT2D eigenvalue weighted by Crippen LogP contribution is -2.41. The molecule has 0 unspecified atom stereocenters. The number of hydrogen-bond acceptors (Lipinski definition) is 4. The molecule has 8 heteroatoms. The Morgan fingerprint density at radius 2 is 1.68 bits per heavy atom. The number of aliphatic hydroxyl groups excluding tert-OH is 1. The highest BCUT2D eigenvalue weighted by Crippen LogP contribution is 2.45. The smallest absolute Gasteiger partial charge is 0.417 e. The van der Waals surface area contributed by atoms with Crippen LogP contribution in [0, 0.1) is 6.92 Å². The summed E-state index contributed by atoms with van der Waals surface area (Å²) in [5.41, 5.74) is 2.01. The second-order valence-electron chi connectivity index (χ2n) is 9.58. The summed E-state index contributed by atoms with van der Waals surface area (Å²) in [6, 6.07) is 3.56. The van der Waals surface area contributed by atoms with Gasteiger partial charge in [-0.3, -0.25) is 9.79 Å². The molecule has 0 aliphatic carbocycles. The number of phosphoric ester groups is 1. The van der Waals surface area contributed by atoms with Crippen LogP contribution in [0.4, 0.5) is 0 Å². The monoisotopic (exact) mass is 432 g/mol. The minimum absolute atomic E-state index is 0.0438. The molecule has 0 saturated carbocycles. The topological polar surface area (TPSA) is 96.2 Å². The average Bonchev–Trinajstić information content (AvgIpc) is 2.42. The van der Waals surface area contributed by atoms with Crippen molar-refractivity contribution in [3.8, 4) is 5.75 Å². The largest absolute Gasteiger partial charge is 0.524 e. The van der Waals surface area contributed by atoms with Crippen LogP contribution in [0.2, 0.25) is 18.1 Å². The Morgan fingerprint density at radius 3 is 2.14 bits per heavy atom. The summed E-state index contributed by atoms with van der Waals surface area (Å²) in [6.07, 6.45) is 1.09. The van der Waals surface area contributed by atoms with Crippen molar-refractivity contribution in [1.82, 2.24) is 0 Å². The SMILES string of the molecule is Cc1cc(CCO)cc(OP(=O)(O)O)c1C(C)(C)CCO[Si](C)(C)C(C)(C)C. The summed E-state index contributed by atoms with van der Waals surface area (Å²) in [5, 5.41) is 9.33. The highest BCUT2D eigenvalue weighted by molar-refractivity contribution is 7.46. The van der Waals surface area contributed by atoms with Crippen LogP contribution in [0.25, 0.3) is 0 Å². The van der Waals surface area contributed by atoms with Gasteiger partial charge in [-0.1, -0.05) is 40.7 Å². The van der Waals surface area contributed by atoms with Gasteiger partial charge in [0.2, 0.25) is 0 Å². The van der Waals surface area contributed by atoms with Gasteiger partial charge in [0.25, 0.3) is 0 Å². The molecule has 0 aromatic heterocycles. The molecule has 0 bridgehead atoms. The Kier molecular flexibility index (Phi) is 8.13. The molecule has 28 heavy (non-hydrogen) atoms. The maximum atomic E-state index is 11.5. The van der Waals surface area contributed by atoms with Gasteiger partial charge in [0, 0.05) is 18.8 Å². The van der Waals surface area contributed by atoms with Crippen LogP contribution in [-0.4, -0.2) is 36.4 Å². The number of benzene rings is 1. The number of rotatable bonds is 9. The molecule has 1 aromatic carbocycles. The Labute approximate surface area is 170 Å². The Morgan fingerprint density at radius 1 is 1.11 bits per heavy atom. The van der Waals surface area contributed by atoms with E-state index in [1.165, 1.54) is 0 Å². The van der Waals surface area contributed by atoms with Crippen molar-refractivity contribution in [3.63, 3.8) is 0 Å². The first-order chi connectivity index (χ1) is 12.5. The van der Waals surface area contributed by atoms with E-state index in [2.05, 4.69) is 33.9 Å². The lowest BCUT2D eigenvalue weighted by atomic mass is 9.78. The molecule has 0 aliphatic heterocycles. The molecule has 1 aromatic rings. The van der Waals surface area contributed by atoms with E-state index in [0.29, 0.717) is 19.4 Å². The normalized spacial score (nSPS) is 13.7. The molecule has 0 amide bonds. The van der Waals surface area contributed by atoms with E-state index in [1.807, 2.05) is 26.8 Å². The summed E-state index contributed by atoms with van der Waals surface area (Å²) in [6.45, 7) is 17.5. The average molecular weight is 433 g/mol. The molecular weight excluding hydrogens is 395 g/mol. The molecular formula is C20H37O6PSi. The van der Waals surface area contributed by atoms with Crippen molar-refractivity contribution in [3.05, 3.63) is 28.8 Å². The quantitative estimate of drug-likeness (QED) is 0.387. The summed E-state index contributed by atoms with van der Waals surface area (Å²) in [7, 11) is -6.58. The van der Waals surface area contributed by atoms with E-state index >= 15 is 0 Å². The zero-order valence-corrected chi connectivity index (χ0v) is 20.4. The maximum absolute atomic E-state index is 11.5. The van der Waals surface area contributed by atoms with Crippen LogP contribution in [0.5, 0.6) is 5.75 Å². The molecule has 0 spiro atoms. The number of hydrogen-bond donors (Lipinski definition) is 3. The van der Waals surface area contributed by atoms with Crippen molar-refractivity contribution >= 4 is 16.1 Å². The van der Waals surface area contributed by atoms with Gasteiger partial charge in [-0.2, -0.15) is 0 Å². The van der Waals surface area contributed by atoms with Gasteiger partial charge in [-0.25, -0.2) is 4.57 Å². The van der Waals surface area contributed by atoms with E-state index < -0.39 is 21.6 Å². The third kappa shape index (κ3) is 6.97. The van der Waals surface area contributed by atoms with Crippen LogP contribution in [0.15, 0.2) is 12.1 Å². The first-order valence-corrected chi connectivity index (χ1v) is 14.1. The van der Waals surface area contributed by atoms with Crippen LogP contribution in [0.1, 0.15) is 57.7 Å². The van der Waals surface area contributed by atoms with Crippen LogP contribution < -0.4 is 4.52 Å². The Bertz CT molecular complexity index is 718. The minimum atomic E-state index is -4.70. The first-order valence-electron chi connectivity index (χ1n) is 9.64. The second kappa shape index (κ2) is 8.98. The molecule has 3 N–H and O–H groups in total. The number of phosphoric acid groups is 1. The van der Waals surface area contributed by atoms with Crippen LogP contribution in [0.3, 0.4) is 0 Å². The maximum Gasteiger partial charge on any atom is 0.524 e.